The summed E-state index contributed by atoms with van der Waals surface area (Å²) in [5.41, 5.74) is 9.80. The molecular formula is C36H22BNOS. The molecule has 0 spiro atoms. The van der Waals surface area contributed by atoms with Gasteiger partial charge in [-0.15, -0.1) is 11.3 Å². The first-order chi connectivity index (χ1) is 19.9. The second-order valence-corrected chi connectivity index (χ2v) is 11.5. The van der Waals surface area contributed by atoms with Crippen LogP contribution in [-0.4, -0.2) is 6.71 Å². The molecule has 2 aliphatic heterocycles. The zero-order chi connectivity index (χ0) is 26.2. The van der Waals surface area contributed by atoms with Crippen molar-refractivity contribution in [3.05, 3.63) is 133 Å². The van der Waals surface area contributed by atoms with Gasteiger partial charge in [-0.25, -0.2) is 0 Å². The fraction of sp³-hybridized carbons (Fsp3) is 0. The number of fused-ring (bicyclic) bond motifs is 7. The average molecular weight is 527 g/mol. The van der Waals surface area contributed by atoms with Gasteiger partial charge >= 0.3 is 0 Å². The SMILES string of the molecule is c1ccc(-c2ccc3sc4ccccc4c3c2N2c3ccccc3B3c4ccccc4Oc4cccc2c43)cc1. The lowest BCUT2D eigenvalue weighted by Crippen LogP contribution is -2.59. The lowest BCUT2D eigenvalue weighted by Gasteiger charge is -2.40. The number of benzene rings is 6. The van der Waals surface area contributed by atoms with E-state index in [2.05, 4.69) is 138 Å². The van der Waals surface area contributed by atoms with Gasteiger partial charge in [-0.2, -0.15) is 0 Å². The van der Waals surface area contributed by atoms with Crippen LogP contribution in [0, 0.1) is 0 Å². The highest BCUT2D eigenvalue weighted by atomic mass is 32.1. The van der Waals surface area contributed by atoms with E-state index in [4.69, 9.17) is 4.74 Å². The number of hydrogen-bond donors (Lipinski definition) is 0. The van der Waals surface area contributed by atoms with Gasteiger partial charge < -0.3 is 9.64 Å². The molecule has 7 aromatic rings. The summed E-state index contributed by atoms with van der Waals surface area (Å²) in [4.78, 5) is 2.51. The summed E-state index contributed by atoms with van der Waals surface area (Å²) in [5, 5.41) is 2.59. The van der Waals surface area contributed by atoms with Gasteiger partial charge in [0.25, 0.3) is 6.71 Å². The third-order valence-corrected chi connectivity index (χ3v) is 9.47. The maximum atomic E-state index is 6.56. The highest BCUT2D eigenvalue weighted by Gasteiger charge is 2.42. The third kappa shape index (κ3) is 3.00. The van der Waals surface area contributed by atoms with Crippen LogP contribution in [0.4, 0.5) is 17.1 Å². The standard InChI is InChI=1S/C36H22BNOS/c1-2-11-23(12-3-1)24-21-22-33-34(25-13-4-9-20-32(25)40-33)36(24)38-28-16-7-5-14-26(28)37-27-15-6-8-18-30(27)39-31-19-10-17-29(38)35(31)37/h1-22H. The molecule has 6 aromatic carbocycles. The zero-order valence-electron chi connectivity index (χ0n) is 21.5. The van der Waals surface area contributed by atoms with Gasteiger partial charge in [-0.1, -0.05) is 97.1 Å². The molecule has 0 saturated heterocycles. The van der Waals surface area contributed by atoms with Gasteiger partial charge in [0, 0.05) is 37.1 Å². The Kier molecular flexibility index (Phi) is 4.61. The highest BCUT2D eigenvalue weighted by Crippen LogP contribution is 2.50. The fourth-order valence-corrected chi connectivity index (χ4v) is 7.81. The minimum absolute atomic E-state index is 0.113. The summed E-state index contributed by atoms with van der Waals surface area (Å²) in [7, 11) is 0. The molecule has 2 nitrogen and oxygen atoms in total. The molecule has 0 bridgehead atoms. The molecule has 0 amide bonds. The van der Waals surface area contributed by atoms with Crippen molar-refractivity contribution in [1.82, 2.24) is 0 Å². The lowest BCUT2D eigenvalue weighted by atomic mass is 9.34. The number of ether oxygens (including phenoxy) is 1. The van der Waals surface area contributed by atoms with Crippen molar-refractivity contribution in [1.29, 1.82) is 0 Å². The second-order valence-electron chi connectivity index (χ2n) is 10.5. The summed E-state index contributed by atoms with van der Waals surface area (Å²) >= 11 is 1.87. The van der Waals surface area contributed by atoms with Crippen LogP contribution in [0.25, 0.3) is 31.3 Å². The van der Waals surface area contributed by atoms with E-state index in [1.54, 1.807) is 0 Å². The predicted molar refractivity (Wildman–Crippen MR) is 171 cm³/mol. The summed E-state index contributed by atoms with van der Waals surface area (Å²) in [6.07, 6.45) is 0. The molecule has 40 heavy (non-hydrogen) atoms. The summed E-state index contributed by atoms with van der Waals surface area (Å²) in [5.74, 6) is 1.88. The van der Waals surface area contributed by atoms with Crippen molar-refractivity contribution < 1.29 is 4.74 Å². The first kappa shape index (κ1) is 22.1. The van der Waals surface area contributed by atoms with E-state index in [-0.39, 0.29) is 6.71 Å². The Morgan fingerprint density at radius 3 is 2.20 bits per heavy atom. The molecule has 186 valence electrons. The van der Waals surface area contributed by atoms with Crippen LogP contribution in [0.5, 0.6) is 11.5 Å². The molecule has 9 rings (SSSR count). The summed E-state index contributed by atoms with van der Waals surface area (Å²) in [6.45, 7) is 0.113. The van der Waals surface area contributed by atoms with Gasteiger partial charge in [0.15, 0.2) is 0 Å². The quantitative estimate of drug-likeness (QED) is 0.211. The molecule has 2 aliphatic rings. The summed E-state index contributed by atoms with van der Waals surface area (Å²) in [6, 6.07) is 48.1. The van der Waals surface area contributed by atoms with Crippen molar-refractivity contribution in [2.75, 3.05) is 4.90 Å². The van der Waals surface area contributed by atoms with E-state index in [0.29, 0.717) is 0 Å². The van der Waals surface area contributed by atoms with Crippen LogP contribution in [-0.2, 0) is 0 Å². The van der Waals surface area contributed by atoms with Crippen molar-refractivity contribution in [2.45, 2.75) is 0 Å². The third-order valence-electron chi connectivity index (χ3n) is 8.34. The molecule has 0 fully saturated rings. The van der Waals surface area contributed by atoms with Gasteiger partial charge in [0.2, 0.25) is 0 Å². The molecule has 3 heterocycles. The van der Waals surface area contributed by atoms with Gasteiger partial charge in [0.1, 0.15) is 11.5 Å². The molecule has 0 atom stereocenters. The Morgan fingerprint density at radius 2 is 1.27 bits per heavy atom. The van der Waals surface area contributed by atoms with Crippen molar-refractivity contribution in [3.8, 4) is 22.6 Å². The van der Waals surface area contributed by atoms with E-state index >= 15 is 0 Å². The van der Waals surface area contributed by atoms with Crippen LogP contribution in [0.2, 0.25) is 0 Å². The zero-order valence-corrected chi connectivity index (χ0v) is 22.4. The molecule has 1 aromatic heterocycles. The molecule has 0 saturated carbocycles. The van der Waals surface area contributed by atoms with E-state index in [9.17, 15) is 0 Å². The van der Waals surface area contributed by atoms with Crippen LogP contribution in [0.15, 0.2) is 133 Å². The molecule has 4 heteroatoms. The van der Waals surface area contributed by atoms with Crippen LogP contribution >= 0.6 is 11.3 Å². The topological polar surface area (TPSA) is 12.5 Å². The Labute approximate surface area is 236 Å². The van der Waals surface area contributed by atoms with E-state index in [1.807, 2.05) is 11.3 Å². The van der Waals surface area contributed by atoms with Crippen molar-refractivity contribution in [3.63, 3.8) is 0 Å². The average Bonchev–Trinajstić information content (AvgIpc) is 3.40. The second kappa shape index (κ2) is 8.35. The Bertz CT molecular complexity index is 2120. The molecule has 0 N–H and O–H groups in total. The minimum Gasteiger partial charge on any atom is -0.458 e. The smallest absolute Gasteiger partial charge is 0.256 e. The highest BCUT2D eigenvalue weighted by molar-refractivity contribution is 7.26. The largest absolute Gasteiger partial charge is 0.458 e. The monoisotopic (exact) mass is 527 g/mol. The van der Waals surface area contributed by atoms with Gasteiger partial charge in [-0.3, -0.25) is 0 Å². The Hall–Kier alpha value is -4.80. The van der Waals surface area contributed by atoms with Crippen LogP contribution < -0.4 is 26.0 Å². The number of para-hydroxylation sites is 2. The van der Waals surface area contributed by atoms with Gasteiger partial charge in [-0.05, 0) is 58.4 Å². The van der Waals surface area contributed by atoms with Crippen molar-refractivity contribution in [2.24, 2.45) is 0 Å². The Morgan fingerprint density at radius 1 is 0.550 bits per heavy atom. The molecule has 0 radical (unpaired) electrons. The Balaban J connectivity index is 1.44. The number of rotatable bonds is 2. The number of hydrogen-bond acceptors (Lipinski definition) is 3. The maximum Gasteiger partial charge on any atom is 0.256 e. The van der Waals surface area contributed by atoms with Crippen LogP contribution in [0.1, 0.15) is 0 Å². The first-order valence-electron chi connectivity index (χ1n) is 13.7. The van der Waals surface area contributed by atoms with E-state index in [0.717, 1.165) is 11.5 Å². The predicted octanol–water partition coefficient (Wildman–Crippen LogP) is 8.13. The first-order valence-corrected chi connectivity index (χ1v) is 14.5. The summed E-state index contributed by atoms with van der Waals surface area (Å²) < 4.78 is 9.15. The minimum atomic E-state index is 0.113. The maximum absolute atomic E-state index is 6.56. The van der Waals surface area contributed by atoms with Crippen molar-refractivity contribution >= 4 is 71.7 Å². The number of nitrogens with zero attached hydrogens (tertiary/aromatic N) is 1. The van der Waals surface area contributed by atoms with Crippen LogP contribution in [0.3, 0.4) is 0 Å². The molecule has 0 unspecified atom stereocenters. The normalized spacial score (nSPS) is 13.1. The molecular weight excluding hydrogens is 505 g/mol. The van der Waals surface area contributed by atoms with E-state index < -0.39 is 0 Å². The molecule has 0 aliphatic carbocycles. The lowest BCUT2D eigenvalue weighted by molar-refractivity contribution is 0.487. The van der Waals surface area contributed by atoms with Gasteiger partial charge in [0.05, 0.1) is 5.69 Å². The number of anilines is 3. The number of thiophene rings is 1. The van der Waals surface area contributed by atoms with E-state index in [1.165, 1.54) is 64.7 Å². The fourth-order valence-electron chi connectivity index (χ4n) is 6.70.